The Kier molecular flexibility index (Phi) is 6.05. The number of carbonyl (C=O) groups is 1. The van der Waals surface area contributed by atoms with E-state index in [1.807, 2.05) is 12.1 Å². The van der Waals surface area contributed by atoms with E-state index in [2.05, 4.69) is 6.92 Å². The molecule has 10 atom stereocenters. The first-order valence-corrected chi connectivity index (χ1v) is 12.1. The van der Waals surface area contributed by atoms with E-state index in [4.69, 9.17) is 14.2 Å². The maximum absolute atomic E-state index is 11.4. The molecule has 4 aliphatic rings. The highest BCUT2D eigenvalue weighted by Crippen LogP contribution is 2.61. The summed E-state index contributed by atoms with van der Waals surface area (Å²) in [5, 5.41) is 50.3. The standard InChI is InChI=1S/C25H34O9/c1-25-8-7-12-13(15(25)5-6-18(25)26)4-3-11-9-17(16(32-2)10-14(11)12)33-24-21(29)19(27)20(28)22(34-24)23(30)31/h9-10,12-13,15,18-22,24,26-29H,3-8H2,1-2H3,(H,30,31). The largest absolute Gasteiger partial charge is 0.493 e. The summed E-state index contributed by atoms with van der Waals surface area (Å²) < 4.78 is 16.7. The number of rotatable bonds is 4. The monoisotopic (exact) mass is 478 g/mol. The van der Waals surface area contributed by atoms with Gasteiger partial charge in [0.05, 0.1) is 13.2 Å². The lowest BCUT2D eigenvalue weighted by Gasteiger charge is -2.50. The fourth-order valence-electron chi connectivity index (χ4n) is 7.08. The Hall–Kier alpha value is -1.91. The van der Waals surface area contributed by atoms with E-state index in [1.165, 1.54) is 12.7 Å². The molecular weight excluding hydrogens is 444 g/mol. The van der Waals surface area contributed by atoms with Crippen molar-refractivity contribution in [3.63, 3.8) is 0 Å². The van der Waals surface area contributed by atoms with Crippen LogP contribution < -0.4 is 9.47 Å². The highest BCUT2D eigenvalue weighted by Gasteiger charge is 2.54. The van der Waals surface area contributed by atoms with Gasteiger partial charge in [-0.25, -0.2) is 4.79 Å². The highest BCUT2D eigenvalue weighted by atomic mass is 16.7. The zero-order valence-corrected chi connectivity index (χ0v) is 19.5. The molecule has 1 heterocycles. The molecule has 3 fully saturated rings. The third-order valence-electron chi connectivity index (χ3n) is 9.02. The minimum atomic E-state index is -1.78. The number of methoxy groups -OCH3 is 1. The summed E-state index contributed by atoms with van der Waals surface area (Å²) in [7, 11) is 1.51. The molecule has 34 heavy (non-hydrogen) atoms. The number of fused-ring (bicyclic) bond motifs is 5. The molecule has 0 aromatic heterocycles. The van der Waals surface area contributed by atoms with Crippen molar-refractivity contribution in [1.29, 1.82) is 0 Å². The van der Waals surface area contributed by atoms with Crippen molar-refractivity contribution in [2.24, 2.45) is 17.3 Å². The Bertz CT molecular complexity index is 951. The van der Waals surface area contributed by atoms with Gasteiger partial charge >= 0.3 is 5.97 Å². The predicted octanol–water partition coefficient (Wildman–Crippen LogP) is 1.18. The lowest BCUT2D eigenvalue weighted by atomic mass is 9.55. The SMILES string of the molecule is COc1cc2c(cc1OC1OC(C(=O)O)C(O)C(O)C1O)CCC1C2CCC2(C)C(O)CCC12. The molecule has 0 spiro atoms. The van der Waals surface area contributed by atoms with E-state index < -0.39 is 36.7 Å². The number of benzene rings is 1. The van der Waals surface area contributed by atoms with Crippen LogP contribution in [0.1, 0.15) is 56.1 Å². The first-order valence-electron chi connectivity index (χ1n) is 12.1. The Morgan fingerprint density at radius 2 is 1.79 bits per heavy atom. The molecule has 9 heteroatoms. The van der Waals surface area contributed by atoms with Gasteiger partial charge in [0.25, 0.3) is 0 Å². The van der Waals surface area contributed by atoms with Gasteiger partial charge in [-0.2, -0.15) is 0 Å². The van der Waals surface area contributed by atoms with Crippen LogP contribution in [0.25, 0.3) is 0 Å². The molecule has 188 valence electrons. The molecule has 0 radical (unpaired) electrons. The number of carboxylic acids is 1. The molecule has 10 unspecified atom stereocenters. The van der Waals surface area contributed by atoms with Crippen LogP contribution in [-0.2, 0) is 16.0 Å². The van der Waals surface area contributed by atoms with Crippen molar-refractivity contribution in [1.82, 2.24) is 0 Å². The number of hydrogen-bond donors (Lipinski definition) is 5. The van der Waals surface area contributed by atoms with E-state index in [1.54, 1.807) is 0 Å². The lowest BCUT2D eigenvalue weighted by molar-refractivity contribution is -0.271. The molecule has 1 aromatic carbocycles. The first kappa shape index (κ1) is 23.8. The average molecular weight is 479 g/mol. The van der Waals surface area contributed by atoms with Gasteiger partial charge in [-0.3, -0.25) is 0 Å². The second-order valence-corrected chi connectivity index (χ2v) is 10.6. The number of aliphatic hydroxyl groups is 4. The number of hydrogen-bond acceptors (Lipinski definition) is 8. The van der Waals surface area contributed by atoms with Crippen molar-refractivity contribution in [3.8, 4) is 11.5 Å². The summed E-state index contributed by atoms with van der Waals surface area (Å²) in [6.45, 7) is 2.24. The summed E-state index contributed by atoms with van der Waals surface area (Å²) in [5.41, 5.74) is 2.32. The van der Waals surface area contributed by atoms with Crippen LogP contribution in [0, 0.1) is 17.3 Å². The second-order valence-electron chi connectivity index (χ2n) is 10.6. The molecule has 1 aliphatic heterocycles. The molecule has 5 rings (SSSR count). The van der Waals surface area contributed by atoms with Crippen LogP contribution in [0.4, 0.5) is 0 Å². The average Bonchev–Trinajstić information content (AvgIpc) is 3.12. The first-order chi connectivity index (χ1) is 16.2. The Morgan fingerprint density at radius 3 is 2.50 bits per heavy atom. The van der Waals surface area contributed by atoms with E-state index in [0.717, 1.165) is 44.1 Å². The molecule has 2 saturated carbocycles. The molecule has 1 aromatic rings. The van der Waals surface area contributed by atoms with Crippen LogP contribution in [0.5, 0.6) is 11.5 Å². The third kappa shape index (κ3) is 3.60. The van der Waals surface area contributed by atoms with Crippen molar-refractivity contribution in [3.05, 3.63) is 23.3 Å². The third-order valence-corrected chi connectivity index (χ3v) is 9.02. The molecule has 3 aliphatic carbocycles. The predicted molar refractivity (Wildman–Crippen MR) is 119 cm³/mol. The Labute approximate surface area is 198 Å². The fraction of sp³-hybridized carbons (Fsp3) is 0.720. The van der Waals surface area contributed by atoms with Gasteiger partial charge in [0.2, 0.25) is 6.29 Å². The molecule has 1 saturated heterocycles. The zero-order chi connectivity index (χ0) is 24.4. The van der Waals surface area contributed by atoms with Crippen LogP contribution in [0.3, 0.4) is 0 Å². The van der Waals surface area contributed by atoms with Gasteiger partial charge in [0.15, 0.2) is 17.6 Å². The number of aliphatic carboxylic acids is 1. The fourth-order valence-corrected chi connectivity index (χ4v) is 7.08. The van der Waals surface area contributed by atoms with Gasteiger partial charge in [-0.05, 0) is 85.0 Å². The Balaban J connectivity index is 1.42. The van der Waals surface area contributed by atoms with Crippen LogP contribution in [0.2, 0.25) is 0 Å². The van der Waals surface area contributed by atoms with Crippen molar-refractivity contribution < 1.29 is 44.5 Å². The van der Waals surface area contributed by atoms with Crippen LogP contribution in [-0.4, -0.2) is 75.4 Å². The van der Waals surface area contributed by atoms with Gasteiger partial charge in [-0.15, -0.1) is 0 Å². The van der Waals surface area contributed by atoms with E-state index in [-0.39, 0.29) is 17.3 Å². The van der Waals surface area contributed by atoms with Gasteiger partial charge in [0.1, 0.15) is 18.3 Å². The van der Waals surface area contributed by atoms with E-state index in [0.29, 0.717) is 23.5 Å². The smallest absolute Gasteiger partial charge is 0.335 e. The van der Waals surface area contributed by atoms with Crippen molar-refractivity contribution in [2.45, 2.75) is 88.2 Å². The molecule has 5 N–H and O–H groups in total. The minimum absolute atomic E-state index is 0.00759. The maximum atomic E-state index is 11.4. The molecule has 0 bridgehead atoms. The minimum Gasteiger partial charge on any atom is -0.493 e. The summed E-state index contributed by atoms with van der Waals surface area (Å²) in [6.07, 6.45) is -2.82. The molecule has 0 amide bonds. The summed E-state index contributed by atoms with van der Waals surface area (Å²) in [5.74, 6) is 0.645. The second kappa shape index (κ2) is 8.64. The van der Waals surface area contributed by atoms with Crippen molar-refractivity contribution in [2.75, 3.05) is 7.11 Å². The topological polar surface area (TPSA) is 146 Å². The highest BCUT2D eigenvalue weighted by molar-refractivity contribution is 5.73. The summed E-state index contributed by atoms with van der Waals surface area (Å²) >= 11 is 0. The number of aryl methyl sites for hydroxylation is 1. The Morgan fingerprint density at radius 1 is 1.03 bits per heavy atom. The van der Waals surface area contributed by atoms with E-state index in [9.17, 15) is 30.3 Å². The normalized spacial score (nSPS) is 43.4. The summed E-state index contributed by atoms with van der Waals surface area (Å²) in [6, 6.07) is 3.82. The van der Waals surface area contributed by atoms with Crippen molar-refractivity contribution >= 4 is 5.97 Å². The zero-order valence-electron chi connectivity index (χ0n) is 19.5. The molecule has 9 nitrogen and oxygen atoms in total. The summed E-state index contributed by atoms with van der Waals surface area (Å²) in [4.78, 5) is 11.4. The van der Waals surface area contributed by atoms with Crippen LogP contribution in [0.15, 0.2) is 12.1 Å². The lowest BCUT2D eigenvalue weighted by Crippen LogP contribution is -2.61. The molecular formula is C25H34O9. The van der Waals surface area contributed by atoms with Gasteiger partial charge in [-0.1, -0.05) is 6.92 Å². The van der Waals surface area contributed by atoms with E-state index >= 15 is 0 Å². The number of aliphatic hydroxyl groups excluding tert-OH is 4. The number of carboxylic acid groups (broad SMARTS) is 1. The van der Waals surface area contributed by atoms with Gasteiger partial charge < -0.3 is 39.7 Å². The van der Waals surface area contributed by atoms with Gasteiger partial charge in [0, 0.05) is 0 Å². The maximum Gasteiger partial charge on any atom is 0.335 e. The van der Waals surface area contributed by atoms with Crippen LogP contribution >= 0.6 is 0 Å². The quantitative estimate of drug-likeness (QED) is 0.431. The number of ether oxygens (including phenoxy) is 3.